The average molecular weight is 350 g/mol. The number of carbonyl (C=O) groups excluding carboxylic acids is 1. The summed E-state index contributed by atoms with van der Waals surface area (Å²) in [6.45, 7) is 10.5. The van der Waals surface area contributed by atoms with Crippen molar-refractivity contribution in [3.8, 4) is 0 Å². The van der Waals surface area contributed by atoms with Crippen molar-refractivity contribution >= 4 is 11.7 Å². The monoisotopic (exact) mass is 350 g/mol. The van der Waals surface area contributed by atoms with Crippen LogP contribution in [0, 0.1) is 11.3 Å². The van der Waals surface area contributed by atoms with Gasteiger partial charge in [0.1, 0.15) is 5.82 Å². The minimum atomic E-state index is -0.316. The number of piperidine rings is 1. The first kappa shape index (κ1) is 19.3. The van der Waals surface area contributed by atoms with Gasteiger partial charge in [-0.1, -0.05) is 20.8 Å². The van der Waals surface area contributed by atoms with Crippen LogP contribution in [0.3, 0.4) is 0 Å². The number of aromatic nitrogens is 2. The molecule has 1 atom stereocenters. The molecule has 2 heterocycles. The van der Waals surface area contributed by atoms with Crippen molar-refractivity contribution in [2.75, 3.05) is 24.5 Å². The minimum absolute atomic E-state index is 0.0400. The molecule has 1 aromatic rings. The number of anilines is 1. The third-order valence-corrected chi connectivity index (χ3v) is 4.60. The second kappa shape index (κ2) is 7.45. The molecule has 1 N–H and O–H groups in total. The van der Waals surface area contributed by atoms with E-state index in [1.54, 1.807) is 4.57 Å². The van der Waals surface area contributed by atoms with Crippen LogP contribution in [0.5, 0.6) is 0 Å². The lowest BCUT2D eigenvalue weighted by atomic mass is 9.94. The van der Waals surface area contributed by atoms with Crippen molar-refractivity contribution in [3.05, 3.63) is 26.9 Å². The van der Waals surface area contributed by atoms with E-state index >= 15 is 0 Å². The first-order valence-corrected chi connectivity index (χ1v) is 8.97. The predicted octanol–water partition coefficient (Wildman–Crippen LogP) is 0.946. The zero-order valence-electron chi connectivity index (χ0n) is 16.0. The lowest BCUT2D eigenvalue weighted by molar-refractivity contribution is -0.125. The van der Waals surface area contributed by atoms with Gasteiger partial charge in [-0.3, -0.25) is 18.7 Å². The fourth-order valence-electron chi connectivity index (χ4n) is 3.11. The summed E-state index contributed by atoms with van der Waals surface area (Å²) in [6, 6.07) is 1.50. The number of hydrogen-bond donors (Lipinski definition) is 1. The number of nitrogens with one attached hydrogen (secondary N) is 1. The third-order valence-electron chi connectivity index (χ3n) is 4.60. The zero-order chi connectivity index (χ0) is 18.8. The number of carbonyl (C=O) groups is 1. The Morgan fingerprint density at radius 2 is 2.00 bits per heavy atom. The van der Waals surface area contributed by atoms with E-state index in [2.05, 4.69) is 26.1 Å². The van der Waals surface area contributed by atoms with E-state index in [1.807, 2.05) is 11.8 Å². The van der Waals surface area contributed by atoms with Crippen LogP contribution < -0.4 is 21.5 Å². The van der Waals surface area contributed by atoms with E-state index < -0.39 is 0 Å². The van der Waals surface area contributed by atoms with Gasteiger partial charge >= 0.3 is 5.69 Å². The fourth-order valence-corrected chi connectivity index (χ4v) is 3.11. The van der Waals surface area contributed by atoms with Gasteiger partial charge in [0.25, 0.3) is 5.56 Å². The largest absolute Gasteiger partial charge is 0.357 e. The highest BCUT2D eigenvalue weighted by Gasteiger charge is 2.28. The number of nitrogens with zero attached hydrogens (tertiary/aromatic N) is 3. The molecule has 0 saturated carbocycles. The highest BCUT2D eigenvalue weighted by Crippen LogP contribution is 2.22. The Bertz CT molecular complexity index is 742. The number of amides is 1. The van der Waals surface area contributed by atoms with Crippen LogP contribution >= 0.6 is 0 Å². The van der Waals surface area contributed by atoms with Gasteiger partial charge in [-0.15, -0.1) is 0 Å². The molecule has 1 aliphatic rings. The molecule has 7 nitrogen and oxygen atoms in total. The van der Waals surface area contributed by atoms with Crippen LogP contribution in [0.25, 0.3) is 0 Å². The molecule has 7 heteroatoms. The van der Waals surface area contributed by atoms with Gasteiger partial charge in [0.2, 0.25) is 5.91 Å². The quantitative estimate of drug-likeness (QED) is 0.877. The molecule has 1 amide bonds. The van der Waals surface area contributed by atoms with Gasteiger partial charge < -0.3 is 10.2 Å². The SMILES string of the molecule is CCn1c(N2CCCC(C(=O)NCC(C)(C)C)C2)cc(=O)n(C)c1=O. The molecule has 25 heavy (non-hydrogen) atoms. The smallest absolute Gasteiger partial charge is 0.332 e. The molecular formula is C18H30N4O3. The summed E-state index contributed by atoms with van der Waals surface area (Å²) in [5.41, 5.74) is -0.591. The summed E-state index contributed by atoms with van der Waals surface area (Å²) in [5.74, 6) is 0.540. The second-order valence-electron chi connectivity index (χ2n) is 7.99. The molecule has 1 aromatic heterocycles. The van der Waals surface area contributed by atoms with E-state index in [0.29, 0.717) is 25.5 Å². The van der Waals surface area contributed by atoms with Gasteiger partial charge in [-0.25, -0.2) is 4.79 Å². The molecule has 0 radical (unpaired) electrons. The first-order chi connectivity index (χ1) is 11.6. The molecule has 140 valence electrons. The molecule has 0 aliphatic carbocycles. The van der Waals surface area contributed by atoms with Gasteiger partial charge in [-0.2, -0.15) is 0 Å². The van der Waals surface area contributed by atoms with Crippen molar-refractivity contribution < 1.29 is 4.79 Å². The van der Waals surface area contributed by atoms with Crippen molar-refractivity contribution in [2.45, 2.75) is 47.1 Å². The van der Waals surface area contributed by atoms with Gasteiger partial charge in [-0.05, 0) is 25.2 Å². The van der Waals surface area contributed by atoms with Gasteiger partial charge in [0.05, 0.1) is 5.92 Å². The molecule has 1 saturated heterocycles. The van der Waals surface area contributed by atoms with Crippen molar-refractivity contribution in [3.63, 3.8) is 0 Å². The Morgan fingerprint density at radius 3 is 2.60 bits per heavy atom. The summed E-state index contributed by atoms with van der Waals surface area (Å²) < 4.78 is 2.71. The predicted molar refractivity (Wildman–Crippen MR) is 99.0 cm³/mol. The average Bonchev–Trinajstić information content (AvgIpc) is 2.56. The van der Waals surface area contributed by atoms with Crippen LogP contribution in [-0.4, -0.2) is 34.7 Å². The molecule has 1 unspecified atom stereocenters. The summed E-state index contributed by atoms with van der Waals surface area (Å²) >= 11 is 0. The molecule has 0 bridgehead atoms. The Labute approximate surface area is 148 Å². The molecule has 1 fully saturated rings. The number of hydrogen-bond acceptors (Lipinski definition) is 4. The third kappa shape index (κ3) is 4.52. The maximum atomic E-state index is 12.5. The Hall–Kier alpha value is -2.05. The van der Waals surface area contributed by atoms with Crippen molar-refractivity contribution in [1.29, 1.82) is 0 Å². The highest BCUT2D eigenvalue weighted by molar-refractivity contribution is 5.79. The topological polar surface area (TPSA) is 76.3 Å². The van der Waals surface area contributed by atoms with Gasteiger partial charge in [0, 0.05) is 39.3 Å². The Kier molecular flexibility index (Phi) is 5.75. The van der Waals surface area contributed by atoms with Crippen molar-refractivity contribution in [2.24, 2.45) is 18.4 Å². The maximum absolute atomic E-state index is 12.5. The normalized spacial score (nSPS) is 18.3. The van der Waals surface area contributed by atoms with E-state index in [1.165, 1.54) is 13.1 Å². The molecule has 1 aliphatic heterocycles. The van der Waals surface area contributed by atoms with Crippen LogP contribution in [0.15, 0.2) is 15.7 Å². The standard InChI is InChI=1S/C18H30N4O3/c1-6-22-14(10-15(23)20(5)17(22)25)21-9-7-8-13(11-21)16(24)19-12-18(2,3)4/h10,13H,6-9,11-12H2,1-5H3,(H,19,24). The van der Waals surface area contributed by atoms with Crippen LogP contribution in [0.2, 0.25) is 0 Å². The van der Waals surface area contributed by atoms with E-state index in [-0.39, 0.29) is 28.5 Å². The summed E-state index contributed by atoms with van der Waals surface area (Å²) in [4.78, 5) is 38.9. The highest BCUT2D eigenvalue weighted by atomic mass is 16.2. The van der Waals surface area contributed by atoms with Crippen LogP contribution in [0.1, 0.15) is 40.5 Å². The molecule has 0 aromatic carbocycles. The summed E-state index contributed by atoms with van der Waals surface area (Å²) in [7, 11) is 1.49. The summed E-state index contributed by atoms with van der Waals surface area (Å²) in [5, 5.41) is 3.02. The first-order valence-electron chi connectivity index (χ1n) is 8.97. The van der Waals surface area contributed by atoms with Crippen LogP contribution in [-0.2, 0) is 18.4 Å². The fraction of sp³-hybridized carbons (Fsp3) is 0.722. The molecule has 2 rings (SSSR count). The summed E-state index contributed by atoms with van der Waals surface area (Å²) in [6.07, 6.45) is 1.69. The molecule has 0 spiro atoms. The second-order valence-corrected chi connectivity index (χ2v) is 7.99. The molecular weight excluding hydrogens is 320 g/mol. The maximum Gasteiger partial charge on any atom is 0.332 e. The van der Waals surface area contributed by atoms with E-state index in [0.717, 1.165) is 24.0 Å². The lowest BCUT2D eigenvalue weighted by Crippen LogP contribution is -2.47. The minimum Gasteiger partial charge on any atom is -0.357 e. The van der Waals surface area contributed by atoms with Crippen molar-refractivity contribution in [1.82, 2.24) is 14.5 Å². The van der Waals surface area contributed by atoms with E-state index in [9.17, 15) is 14.4 Å². The number of rotatable bonds is 4. The van der Waals surface area contributed by atoms with E-state index in [4.69, 9.17) is 0 Å². The van der Waals surface area contributed by atoms with Gasteiger partial charge in [0.15, 0.2) is 0 Å². The Morgan fingerprint density at radius 1 is 1.32 bits per heavy atom. The zero-order valence-corrected chi connectivity index (χ0v) is 16.0. The Balaban J connectivity index is 2.20. The van der Waals surface area contributed by atoms with Crippen LogP contribution in [0.4, 0.5) is 5.82 Å². The lowest BCUT2D eigenvalue weighted by Gasteiger charge is -2.35.